The number of nitriles is 1. The lowest BCUT2D eigenvalue weighted by Gasteiger charge is -2.02. The number of amides is 1. The number of hydrogen-bond acceptors (Lipinski definition) is 5. The molecule has 0 atom stereocenters. The highest BCUT2D eigenvalue weighted by Crippen LogP contribution is 2.05. The van der Waals surface area contributed by atoms with E-state index >= 15 is 0 Å². The summed E-state index contributed by atoms with van der Waals surface area (Å²) in [5.74, 6) is -0.190. The number of benzene rings is 1. The number of hydrogen-bond donors (Lipinski definition) is 1. The predicted molar refractivity (Wildman–Crippen MR) is 62.2 cm³/mol. The Bertz CT molecular complexity index is 542. The molecule has 0 saturated heterocycles. The van der Waals surface area contributed by atoms with E-state index in [1.165, 1.54) is 6.20 Å². The van der Waals surface area contributed by atoms with Crippen LogP contribution >= 0.6 is 11.5 Å². The van der Waals surface area contributed by atoms with Gasteiger partial charge in [-0.2, -0.15) is 5.26 Å². The van der Waals surface area contributed by atoms with Gasteiger partial charge in [0.25, 0.3) is 5.91 Å². The van der Waals surface area contributed by atoms with Gasteiger partial charge in [-0.05, 0) is 29.2 Å². The fourth-order valence-corrected chi connectivity index (χ4v) is 1.67. The average Bonchev–Trinajstić information content (AvgIpc) is 2.90. The third-order valence-electron chi connectivity index (χ3n) is 2.12. The summed E-state index contributed by atoms with van der Waals surface area (Å²) in [4.78, 5) is 12.1. The van der Waals surface area contributed by atoms with Crippen LogP contribution in [0.15, 0.2) is 30.5 Å². The highest BCUT2D eigenvalue weighted by Gasteiger charge is 2.07. The molecular formula is C11H8N4OS. The Morgan fingerprint density at radius 1 is 1.41 bits per heavy atom. The zero-order valence-corrected chi connectivity index (χ0v) is 9.57. The van der Waals surface area contributed by atoms with Crippen molar-refractivity contribution < 1.29 is 4.79 Å². The van der Waals surface area contributed by atoms with Crippen LogP contribution in [0.4, 0.5) is 0 Å². The van der Waals surface area contributed by atoms with Crippen LogP contribution in [-0.2, 0) is 6.54 Å². The Kier molecular flexibility index (Phi) is 3.43. The van der Waals surface area contributed by atoms with Crippen LogP contribution in [0.2, 0.25) is 0 Å². The van der Waals surface area contributed by atoms with E-state index in [0.717, 1.165) is 17.1 Å². The largest absolute Gasteiger partial charge is 0.347 e. The number of nitrogens with zero attached hydrogens (tertiary/aromatic N) is 3. The molecule has 1 aromatic carbocycles. The van der Waals surface area contributed by atoms with Crippen molar-refractivity contribution in [2.75, 3.05) is 0 Å². The summed E-state index contributed by atoms with van der Waals surface area (Å²) in [6.45, 7) is 0.419. The van der Waals surface area contributed by atoms with Gasteiger partial charge in [0.15, 0.2) is 0 Å². The second-order valence-corrected chi connectivity index (χ2v) is 4.06. The van der Waals surface area contributed by atoms with Gasteiger partial charge >= 0.3 is 0 Å². The third-order valence-corrected chi connectivity index (χ3v) is 2.78. The molecule has 1 amide bonds. The fraction of sp³-hybridized carbons (Fsp3) is 0.0909. The smallest absolute Gasteiger partial charge is 0.264 e. The molecule has 0 aliphatic rings. The first kappa shape index (κ1) is 11.2. The van der Waals surface area contributed by atoms with E-state index < -0.39 is 0 Å². The normalized spacial score (nSPS) is 9.59. The van der Waals surface area contributed by atoms with Gasteiger partial charge in [-0.15, -0.1) is 5.10 Å². The molecular weight excluding hydrogens is 236 g/mol. The van der Waals surface area contributed by atoms with E-state index in [1.807, 2.05) is 18.2 Å². The Hall–Kier alpha value is -2.26. The van der Waals surface area contributed by atoms with Gasteiger partial charge < -0.3 is 5.32 Å². The SMILES string of the molecule is N#Cc1ccc(CNC(=O)c2cnns2)cc1. The number of carbonyl (C=O) groups excluding carboxylic acids is 1. The number of carbonyl (C=O) groups is 1. The minimum atomic E-state index is -0.190. The van der Waals surface area contributed by atoms with Gasteiger partial charge in [-0.25, -0.2) is 0 Å². The molecule has 6 heteroatoms. The molecule has 0 spiro atoms. The first-order chi connectivity index (χ1) is 8.29. The molecule has 0 aliphatic heterocycles. The zero-order valence-electron chi connectivity index (χ0n) is 8.75. The lowest BCUT2D eigenvalue weighted by Crippen LogP contribution is -2.21. The van der Waals surface area contributed by atoms with Crippen molar-refractivity contribution in [3.63, 3.8) is 0 Å². The Morgan fingerprint density at radius 2 is 2.18 bits per heavy atom. The summed E-state index contributed by atoms with van der Waals surface area (Å²) in [5.41, 5.74) is 1.54. The van der Waals surface area contributed by atoms with Crippen LogP contribution in [0, 0.1) is 11.3 Å². The molecule has 0 saturated carbocycles. The summed E-state index contributed by atoms with van der Waals surface area (Å²) >= 11 is 1.06. The van der Waals surface area contributed by atoms with E-state index in [0.29, 0.717) is 17.0 Å². The van der Waals surface area contributed by atoms with E-state index in [4.69, 9.17) is 5.26 Å². The maximum absolute atomic E-state index is 11.6. The standard InChI is InChI=1S/C11H8N4OS/c12-5-8-1-3-9(4-2-8)6-13-11(16)10-7-14-15-17-10/h1-4,7H,6H2,(H,13,16). The van der Waals surface area contributed by atoms with Crippen molar-refractivity contribution in [2.45, 2.75) is 6.54 Å². The van der Waals surface area contributed by atoms with Crippen LogP contribution in [-0.4, -0.2) is 15.5 Å². The van der Waals surface area contributed by atoms with Crippen molar-refractivity contribution in [3.8, 4) is 6.07 Å². The maximum atomic E-state index is 11.6. The molecule has 0 bridgehead atoms. The van der Waals surface area contributed by atoms with E-state index in [-0.39, 0.29) is 5.91 Å². The average molecular weight is 244 g/mol. The molecule has 0 radical (unpaired) electrons. The van der Waals surface area contributed by atoms with Crippen LogP contribution in [0.3, 0.4) is 0 Å². The Morgan fingerprint density at radius 3 is 2.76 bits per heavy atom. The monoisotopic (exact) mass is 244 g/mol. The molecule has 1 N–H and O–H groups in total. The highest BCUT2D eigenvalue weighted by molar-refractivity contribution is 7.07. The number of aromatic nitrogens is 2. The zero-order chi connectivity index (χ0) is 12.1. The van der Waals surface area contributed by atoms with Crippen LogP contribution in [0.25, 0.3) is 0 Å². The lowest BCUT2D eigenvalue weighted by atomic mass is 10.1. The first-order valence-electron chi connectivity index (χ1n) is 4.84. The molecule has 1 aromatic heterocycles. The summed E-state index contributed by atoms with van der Waals surface area (Å²) in [6, 6.07) is 9.09. The van der Waals surface area contributed by atoms with Gasteiger partial charge in [-0.1, -0.05) is 16.6 Å². The third kappa shape index (κ3) is 2.86. The topological polar surface area (TPSA) is 78.7 Å². The molecule has 84 valence electrons. The van der Waals surface area contributed by atoms with Crippen molar-refractivity contribution in [3.05, 3.63) is 46.5 Å². The summed E-state index contributed by atoms with van der Waals surface area (Å²) in [7, 11) is 0. The first-order valence-corrected chi connectivity index (χ1v) is 5.61. The van der Waals surface area contributed by atoms with E-state index in [1.54, 1.807) is 12.1 Å². The van der Waals surface area contributed by atoms with Gasteiger partial charge in [0.05, 0.1) is 17.8 Å². The molecule has 1 heterocycles. The quantitative estimate of drug-likeness (QED) is 0.883. The van der Waals surface area contributed by atoms with Crippen LogP contribution in [0.1, 0.15) is 20.8 Å². The number of nitrogens with one attached hydrogen (secondary N) is 1. The maximum Gasteiger partial charge on any atom is 0.264 e. The summed E-state index contributed by atoms with van der Waals surface area (Å²) < 4.78 is 3.62. The molecule has 17 heavy (non-hydrogen) atoms. The molecule has 2 rings (SSSR count). The van der Waals surface area contributed by atoms with Crippen LogP contribution < -0.4 is 5.32 Å². The molecule has 5 nitrogen and oxygen atoms in total. The molecule has 0 unspecified atom stereocenters. The van der Waals surface area contributed by atoms with Gasteiger partial charge in [0, 0.05) is 6.54 Å². The van der Waals surface area contributed by atoms with Gasteiger partial charge in [0.1, 0.15) is 4.88 Å². The molecule has 0 aliphatic carbocycles. The summed E-state index contributed by atoms with van der Waals surface area (Å²) in [5, 5.41) is 15.0. The number of rotatable bonds is 3. The van der Waals surface area contributed by atoms with Crippen molar-refractivity contribution in [1.82, 2.24) is 14.9 Å². The predicted octanol–water partition coefficient (Wildman–Crippen LogP) is 1.34. The van der Waals surface area contributed by atoms with Crippen molar-refractivity contribution in [1.29, 1.82) is 5.26 Å². The second kappa shape index (κ2) is 5.18. The van der Waals surface area contributed by atoms with Gasteiger partial charge in [-0.3, -0.25) is 4.79 Å². The molecule has 0 fully saturated rings. The Labute approximate surface area is 102 Å². The molecule has 2 aromatic rings. The lowest BCUT2D eigenvalue weighted by molar-refractivity contribution is 0.0955. The van der Waals surface area contributed by atoms with Gasteiger partial charge in [0.2, 0.25) is 0 Å². The minimum absolute atomic E-state index is 0.190. The fourth-order valence-electron chi connectivity index (χ4n) is 1.23. The highest BCUT2D eigenvalue weighted by atomic mass is 32.1. The second-order valence-electron chi connectivity index (χ2n) is 3.27. The van der Waals surface area contributed by atoms with Crippen molar-refractivity contribution >= 4 is 17.4 Å². The Balaban J connectivity index is 1.94. The minimum Gasteiger partial charge on any atom is -0.347 e. The van der Waals surface area contributed by atoms with Crippen LogP contribution in [0.5, 0.6) is 0 Å². The van der Waals surface area contributed by atoms with Crippen molar-refractivity contribution in [2.24, 2.45) is 0 Å². The summed E-state index contributed by atoms with van der Waals surface area (Å²) in [6.07, 6.45) is 1.43. The van der Waals surface area contributed by atoms with E-state index in [9.17, 15) is 4.79 Å². The van der Waals surface area contributed by atoms with E-state index in [2.05, 4.69) is 14.9 Å².